The van der Waals surface area contributed by atoms with Gasteiger partial charge in [0.1, 0.15) is 12.3 Å². The Labute approximate surface area is 188 Å². The number of hydrogen-bond acceptors (Lipinski definition) is 4. The fourth-order valence-electron chi connectivity index (χ4n) is 3.36. The highest BCUT2D eigenvalue weighted by Gasteiger charge is 2.37. The zero-order valence-corrected chi connectivity index (χ0v) is 18.0. The molecule has 0 aliphatic rings. The van der Waals surface area contributed by atoms with Crippen molar-refractivity contribution >= 4 is 16.9 Å². The predicted molar refractivity (Wildman–Crippen MR) is 117 cm³/mol. The number of carbonyl (C=O) groups is 1. The fourth-order valence-corrected chi connectivity index (χ4v) is 3.36. The summed E-state index contributed by atoms with van der Waals surface area (Å²) in [4.78, 5) is 20.3. The molecule has 4 rings (SSSR count). The Hall–Kier alpha value is -3.88. The fraction of sp³-hybridized carbons (Fsp3) is 0.208. The van der Waals surface area contributed by atoms with E-state index in [0.717, 1.165) is 15.7 Å². The molecule has 0 atom stereocenters. The highest BCUT2D eigenvalue weighted by Crippen LogP contribution is 2.31. The van der Waals surface area contributed by atoms with Gasteiger partial charge in [-0.05, 0) is 48.7 Å². The molecule has 0 aliphatic heterocycles. The van der Waals surface area contributed by atoms with Crippen LogP contribution in [-0.4, -0.2) is 20.4 Å². The molecule has 0 unspecified atom stereocenters. The molecule has 33 heavy (non-hydrogen) atoms. The Morgan fingerprint density at radius 1 is 1.09 bits per heavy atom. The topological polar surface area (TPSA) is 69.0 Å². The van der Waals surface area contributed by atoms with Crippen LogP contribution < -0.4 is 10.1 Å². The van der Waals surface area contributed by atoms with Crippen molar-refractivity contribution in [3.63, 3.8) is 0 Å². The van der Waals surface area contributed by atoms with Crippen LogP contribution in [0, 0.1) is 13.8 Å². The maximum atomic E-state index is 13.4. The molecule has 2 aromatic carbocycles. The summed E-state index contributed by atoms with van der Waals surface area (Å²) in [6.07, 6.45) is -3.12. The first-order chi connectivity index (χ1) is 15.7. The molecule has 0 radical (unpaired) electrons. The highest BCUT2D eigenvalue weighted by molar-refractivity contribution is 5.81. The summed E-state index contributed by atoms with van der Waals surface area (Å²) in [6.45, 7) is 3.52. The third-order valence-electron chi connectivity index (χ3n) is 5.06. The second-order valence-corrected chi connectivity index (χ2v) is 7.66. The summed E-state index contributed by atoms with van der Waals surface area (Å²) in [5.41, 5.74) is 3.15. The number of halogens is 3. The van der Waals surface area contributed by atoms with Crippen molar-refractivity contribution in [2.24, 2.45) is 0 Å². The van der Waals surface area contributed by atoms with Crippen molar-refractivity contribution < 1.29 is 22.7 Å². The molecule has 2 heterocycles. The molecule has 0 bridgehead atoms. The number of amides is 1. The molecule has 9 heteroatoms. The van der Waals surface area contributed by atoms with Crippen LogP contribution in [0.1, 0.15) is 22.5 Å². The number of alkyl halides is 3. The molecule has 0 saturated carbocycles. The number of aromatic nitrogens is 3. The predicted octanol–water partition coefficient (Wildman–Crippen LogP) is 5.18. The number of carbonyl (C=O) groups excluding carboxylic acids is 1. The second-order valence-electron chi connectivity index (χ2n) is 7.66. The van der Waals surface area contributed by atoms with Gasteiger partial charge in [-0.15, -0.1) is 0 Å². The number of nitrogens with zero attached hydrogens (tertiary/aromatic N) is 3. The number of ether oxygens (including phenoxy) is 1. The van der Waals surface area contributed by atoms with E-state index in [1.807, 2.05) is 32.0 Å². The molecule has 4 aromatic rings. The van der Waals surface area contributed by atoms with E-state index in [9.17, 15) is 18.0 Å². The Morgan fingerprint density at radius 3 is 2.61 bits per heavy atom. The van der Waals surface area contributed by atoms with Crippen LogP contribution in [0.15, 0.2) is 60.8 Å². The van der Waals surface area contributed by atoms with Gasteiger partial charge in [0.25, 0.3) is 0 Å². The minimum atomic E-state index is -4.67. The monoisotopic (exact) mass is 454 g/mol. The van der Waals surface area contributed by atoms with E-state index in [2.05, 4.69) is 15.3 Å². The summed E-state index contributed by atoms with van der Waals surface area (Å²) in [5.74, 6) is -0.567. The van der Waals surface area contributed by atoms with Gasteiger partial charge in [0.2, 0.25) is 17.6 Å². The molecule has 1 amide bonds. The Kier molecular flexibility index (Phi) is 6.04. The van der Waals surface area contributed by atoms with E-state index in [1.165, 1.54) is 12.1 Å². The van der Waals surface area contributed by atoms with E-state index < -0.39 is 24.5 Å². The summed E-state index contributed by atoms with van der Waals surface area (Å²) in [7, 11) is 0. The first kappa shape index (κ1) is 22.3. The van der Waals surface area contributed by atoms with E-state index in [0.29, 0.717) is 17.2 Å². The number of benzene rings is 2. The van der Waals surface area contributed by atoms with Gasteiger partial charge in [-0.1, -0.05) is 30.3 Å². The Bertz CT molecular complexity index is 1300. The lowest BCUT2D eigenvalue weighted by atomic mass is 10.1. The first-order valence-electron chi connectivity index (χ1n) is 10.2. The first-order valence-corrected chi connectivity index (χ1v) is 10.2. The third kappa shape index (κ3) is 5.14. The van der Waals surface area contributed by atoms with Gasteiger partial charge >= 0.3 is 6.18 Å². The van der Waals surface area contributed by atoms with Crippen LogP contribution in [0.25, 0.3) is 11.0 Å². The van der Waals surface area contributed by atoms with Crippen LogP contribution in [0.3, 0.4) is 0 Å². The summed E-state index contributed by atoms with van der Waals surface area (Å²) in [5, 5.41) is 2.63. The summed E-state index contributed by atoms with van der Waals surface area (Å²) >= 11 is 0. The van der Waals surface area contributed by atoms with Crippen LogP contribution >= 0.6 is 0 Å². The smallest absolute Gasteiger partial charge is 0.439 e. The van der Waals surface area contributed by atoms with Crippen molar-refractivity contribution in [3.05, 3.63) is 83.3 Å². The van der Waals surface area contributed by atoms with Crippen LogP contribution in [0.5, 0.6) is 11.6 Å². The van der Waals surface area contributed by atoms with E-state index >= 15 is 0 Å². The summed E-state index contributed by atoms with van der Waals surface area (Å²) < 4.78 is 46.9. The standard InChI is InChI=1S/C24H21F3N4O2/c1-15-7-8-16(2)20(11-15)33-22-10-9-17(13-29-22)12-28-21(32)14-31-19-6-4-3-5-18(19)30-23(31)24(25,26)27/h3-11,13H,12,14H2,1-2H3,(H,28,32). The minimum absolute atomic E-state index is 0.115. The quantitative estimate of drug-likeness (QED) is 0.436. The molecular weight excluding hydrogens is 433 g/mol. The van der Waals surface area contributed by atoms with E-state index in [1.54, 1.807) is 30.5 Å². The number of hydrogen-bond donors (Lipinski definition) is 1. The lowest BCUT2D eigenvalue weighted by Gasteiger charge is -2.12. The van der Waals surface area contributed by atoms with Gasteiger partial charge < -0.3 is 14.6 Å². The lowest BCUT2D eigenvalue weighted by Crippen LogP contribution is -2.29. The molecular formula is C24H21F3N4O2. The van der Waals surface area contributed by atoms with E-state index in [4.69, 9.17) is 4.74 Å². The van der Waals surface area contributed by atoms with Gasteiger partial charge in [0.15, 0.2) is 0 Å². The van der Waals surface area contributed by atoms with Crippen molar-refractivity contribution in [3.8, 4) is 11.6 Å². The number of nitrogens with one attached hydrogen (secondary N) is 1. The van der Waals surface area contributed by atoms with Gasteiger partial charge in [-0.2, -0.15) is 13.2 Å². The van der Waals surface area contributed by atoms with Crippen LogP contribution in [0.2, 0.25) is 0 Å². The SMILES string of the molecule is Cc1ccc(C)c(Oc2ccc(CNC(=O)Cn3c(C(F)(F)F)nc4ccccc43)cn2)c1. The van der Waals surface area contributed by atoms with Gasteiger partial charge in [-0.3, -0.25) is 4.79 Å². The van der Waals surface area contributed by atoms with Crippen molar-refractivity contribution in [2.75, 3.05) is 0 Å². The van der Waals surface area contributed by atoms with Crippen molar-refractivity contribution in [1.82, 2.24) is 19.9 Å². The minimum Gasteiger partial charge on any atom is -0.439 e. The zero-order valence-electron chi connectivity index (χ0n) is 18.0. The lowest BCUT2D eigenvalue weighted by molar-refractivity contribution is -0.147. The van der Waals surface area contributed by atoms with Crippen LogP contribution in [0.4, 0.5) is 13.2 Å². The number of fused-ring (bicyclic) bond motifs is 1. The maximum absolute atomic E-state index is 13.4. The van der Waals surface area contributed by atoms with E-state index in [-0.39, 0.29) is 17.6 Å². The average Bonchev–Trinajstić information content (AvgIpc) is 3.15. The average molecular weight is 454 g/mol. The highest BCUT2D eigenvalue weighted by atomic mass is 19.4. The number of pyridine rings is 1. The molecule has 0 aliphatic carbocycles. The zero-order chi connectivity index (χ0) is 23.6. The molecule has 6 nitrogen and oxygen atoms in total. The van der Waals surface area contributed by atoms with Gasteiger partial charge in [0.05, 0.1) is 11.0 Å². The third-order valence-corrected chi connectivity index (χ3v) is 5.06. The Balaban J connectivity index is 1.41. The number of para-hydroxylation sites is 2. The normalized spacial score (nSPS) is 11.5. The molecule has 1 N–H and O–H groups in total. The van der Waals surface area contributed by atoms with Gasteiger partial charge in [-0.25, -0.2) is 9.97 Å². The van der Waals surface area contributed by atoms with Crippen molar-refractivity contribution in [2.45, 2.75) is 33.1 Å². The molecule has 0 fully saturated rings. The van der Waals surface area contributed by atoms with Gasteiger partial charge in [0, 0.05) is 18.8 Å². The second kappa shape index (κ2) is 8.93. The molecule has 2 aromatic heterocycles. The number of aryl methyl sites for hydroxylation is 2. The van der Waals surface area contributed by atoms with Crippen LogP contribution in [-0.2, 0) is 24.1 Å². The number of imidazole rings is 1. The largest absolute Gasteiger partial charge is 0.449 e. The molecule has 170 valence electrons. The summed E-state index contributed by atoms with van der Waals surface area (Å²) in [6, 6.07) is 15.5. The number of rotatable bonds is 6. The molecule has 0 spiro atoms. The van der Waals surface area contributed by atoms with Crippen molar-refractivity contribution in [1.29, 1.82) is 0 Å². The Morgan fingerprint density at radius 2 is 1.88 bits per heavy atom. The maximum Gasteiger partial charge on any atom is 0.449 e. The molecule has 0 saturated heterocycles.